The number of nitrogens with zero attached hydrogens (tertiary/aromatic N) is 4. The molecule has 31 heavy (non-hydrogen) atoms. The predicted molar refractivity (Wildman–Crippen MR) is 111 cm³/mol. The lowest BCUT2D eigenvalue weighted by atomic mass is 9.96. The number of anilines is 1. The Morgan fingerprint density at radius 1 is 0.935 bits per heavy atom. The first-order valence-electron chi connectivity index (χ1n) is 10.3. The maximum Gasteiger partial charge on any atom is 0.243 e. The second kappa shape index (κ2) is 8.88. The molecular weight excluding hydrogens is 426 g/mol. The number of hydrogen-bond donors (Lipinski definition) is 0. The molecule has 0 spiro atoms. The number of benzene rings is 1. The normalized spacial score (nSPS) is 18.9. The molecule has 0 saturated carbocycles. The smallest absolute Gasteiger partial charge is 0.243 e. The van der Waals surface area contributed by atoms with E-state index in [1.165, 1.54) is 4.31 Å². The van der Waals surface area contributed by atoms with Gasteiger partial charge in [0.05, 0.1) is 4.90 Å². The molecule has 0 N–H and O–H groups in total. The van der Waals surface area contributed by atoms with Gasteiger partial charge in [0.25, 0.3) is 0 Å². The van der Waals surface area contributed by atoms with Crippen molar-refractivity contribution in [2.75, 3.05) is 44.2 Å². The summed E-state index contributed by atoms with van der Waals surface area (Å²) in [6.45, 7) is 2.95. The summed E-state index contributed by atoms with van der Waals surface area (Å²) in [6.07, 6.45) is 2.55. The zero-order valence-corrected chi connectivity index (χ0v) is 17.8. The lowest BCUT2D eigenvalue weighted by Crippen LogP contribution is -2.52. The molecule has 7 nitrogen and oxygen atoms in total. The summed E-state index contributed by atoms with van der Waals surface area (Å²) in [5.41, 5.74) is 0. The van der Waals surface area contributed by atoms with Gasteiger partial charge in [-0.2, -0.15) is 4.31 Å². The largest absolute Gasteiger partial charge is 0.353 e. The maximum absolute atomic E-state index is 13.5. The van der Waals surface area contributed by atoms with E-state index in [1.807, 2.05) is 23.1 Å². The Labute approximate surface area is 180 Å². The number of sulfonamides is 1. The zero-order chi connectivity index (χ0) is 22.0. The van der Waals surface area contributed by atoms with Crippen molar-refractivity contribution in [3.63, 3.8) is 0 Å². The van der Waals surface area contributed by atoms with E-state index in [2.05, 4.69) is 9.88 Å². The van der Waals surface area contributed by atoms with Gasteiger partial charge in [0, 0.05) is 51.4 Å². The van der Waals surface area contributed by atoms with Gasteiger partial charge < -0.3 is 9.80 Å². The number of carbonyl (C=O) groups is 1. The monoisotopic (exact) mass is 450 g/mol. The van der Waals surface area contributed by atoms with Crippen molar-refractivity contribution in [1.29, 1.82) is 0 Å². The fourth-order valence-electron chi connectivity index (χ4n) is 4.08. The minimum Gasteiger partial charge on any atom is -0.353 e. The molecule has 2 fully saturated rings. The summed E-state index contributed by atoms with van der Waals surface area (Å²) in [5, 5.41) is 0. The molecule has 2 aromatic rings. The summed E-state index contributed by atoms with van der Waals surface area (Å²) in [4.78, 5) is 21.0. The number of amides is 1. The second-order valence-electron chi connectivity index (χ2n) is 7.75. The summed E-state index contributed by atoms with van der Waals surface area (Å²) in [7, 11) is -3.93. The van der Waals surface area contributed by atoms with Crippen LogP contribution in [0.25, 0.3) is 0 Å². The number of aromatic nitrogens is 1. The van der Waals surface area contributed by atoms with Gasteiger partial charge in [-0.3, -0.25) is 4.79 Å². The van der Waals surface area contributed by atoms with Crippen molar-refractivity contribution in [2.24, 2.45) is 5.92 Å². The first-order valence-corrected chi connectivity index (χ1v) is 11.7. The van der Waals surface area contributed by atoms with E-state index >= 15 is 0 Å². The van der Waals surface area contributed by atoms with E-state index in [1.54, 1.807) is 6.20 Å². The lowest BCUT2D eigenvalue weighted by molar-refractivity contribution is -0.137. The molecule has 1 aromatic heterocycles. The number of hydrogen-bond acceptors (Lipinski definition) is 5. The summed E-state index contributed by atoms with van der Waals surface area (Å²) < 4.78 is 53.3. The van der Waals surface area contributed by atoms with Crippen molar-refractivity contribution in [3.8, 4) is 0 Å². The zero-order valence-electron chi connectivity index (χ0n) is 17.0. The average Bonchev–Trinajstić information content (AvgIpc) is 2.81. The summed E-state index contributed by atoms with van der Waals surface area (Å²) >= 11 is 0. The Balaban J connectivity index is 1.32. The lowest BCUT2D eigenvalue weighted by Gasteiger charge is -2.38. The van der Waals surface area contributed by atoms with Crippen LogP contribution in [0, 0.1) is 17.6 Å². The number of halogens is 2. The highest BCUT2D eigenvalue weighted by molar-refractivity contribution is 7.89. The van der Waals surface area contributed by atoms with Crippen LogP contribution in [0.4, 0.5) is 14.6 Å². The Hall–Kier alpha value is -2.59. The van der Waals surface area contributed by atoms with Crippen LogP contribution < -0.4 is 4.90 Å². The topological polar surface area (TPSA) is 73.8 Å². The van der Waals surface area contributed by atoms with Gasteiger partial charge >= 0.3 is 0 Å². The number of piperazine rings is 1. The average molecular weight is 451 g/mol. The molecule has 0 aliphatic carbocycles. The van der Waals surface area contributed by atoms with Gasteiger partial charge in [0.15, 0.2) is 11.6 Å². The Morgan fingerprint density at radius 2 is 1.65 bits per heavy atom. The number of rotatable bonds is 4. The number of piperidine rings is 1. The second-order valence-corrected chi connectivity index (χ2v) is 9.69. The molecular formula is C21H24F2N4O3S. The highest BCUT2D eigenvalue weighted by Gasteiger charge is 2.35. The van der Waals surface area contributed by atoms with Crippen molar-refractivity contribution >= 4 is 21.7 Å². The van der Waals surface area contributed by atoms with Crippen LogP contribution in [-0.2, 0) is 14.8 Å². The van der Waals surface area contributed by atoms with Crippen LogP contribution in [0.3, 0.4) is 0 Å². The van der Waals surface area contributed by atoms with Gasteiger partial charge in [-0.05, 0) is 43.2 Å². The van der Waals surface area contributed by atoms with Crippen molar-refractivity contribution in [3.05, 3.63) is 54.2 Å². The van der Waals surface area contributed by atoms with E-state index in [0.717, 1.165) is 18.0 Å². The van der Waals surface area contributed by atoms with Gasteiger partial charge in [0.1, 0.15) is 5.82 Å². The third-order valence-electron chi connectivity index (χ3n) is 5.90. The van der Waals surface area contributed by atoms with Crippen LogP contribution in [0.5, 0.6) is 0 Å². The SMILES string of the molecule is O=C(C1CCN(S(=O)(=O)c2ccc(F)c(F)c2)CC1)N1CCN(c2ccccn2)CC1. The summed E-state index contributed by atoms with van der Waals surface area (Å²) in [6, 6.07) is 8.31. The molecule has 10 heteroatoms. The van der Waals surface area contributed by atoms with Crippen LogP contribution in [0.2, 0.25) is 0 Å². The molecule has 2 saturated heterocycles. The molecule has 1 amide bonds. The summed E-state index contributed by atoms with van der Waals surface area (Å²) in [5.74, 6) is -1.59. The Bertz CT molecular complexity index is 1040. The fraction of sp³-hybridized carbons (Fsp3) is 0.429. The number of carbonyl (C=O) groups excluding carboxylic acids is 1. The van der Waals surface area contributed by atoms with Crippen LogP contribution in [0.1, 0.15) is 12.8 Å². The highest BCUT2D eigenvalue weighted by Crippen LogP contribution is 2.26. The third-order valence-corrected chi connectivity index (χ3v) is 7.79. The molecule has 166 valence electrons. The van der Waals surface area contributed by atoms with Crippen molar-refractivity contribution in [1.82, 2.24) is 14.2 Å². The molecule has 2 aliphatic rings. The van der Waals surface area contributed by atoms with Gasteiger partial charge in [-0.15, -0.1) is 0 Å². The molecule has 0 atom stereocenters. The van der Waals surface area contributed by atoms with E-state index in [4.69, 9.17) is 0 Å². The maximum atomic E-state index is 13.5. The number of pyridine rings is 1. The molecule has 1 aromatic carbocycles. The van der Waals surface area contributed by atoms with Crippen LogP contribution >= 0.6 is 0 Å². The molecule has 0 unspecified atom stereocenters. The van der Waals surface area contributed by atoms with E-state index in [9.17, 15) is 22.0 Å². The van der Waals surface area contributed by atoms with Crippen molar-refractivity contribution < 1.29 is 22.0 Å². The Morgan fingerprint density at radius 3 is 2.26 bits per heavy atom. The van der Waals surface area contributed by atoms with E-state index < -0.39 is 21.7 Å². The van der Waals surface area contributed by atoms with Crippen molar-refractivity contribution in [2.45, 2.75) is 17.7 Å². The first kappa shape index (κ1) is 21.6. The van der Waals surface area contributed by atoms with Crippen LogP contribution in [0.15, 0.2) is 47.5 Å². The van der Waals surface area contributed by atoms with E-state index in [0.29, 0.717) is 45.1 Å². The Kier molecular flexibility index (Phi) is 6.19. The molecule has 0 radical (unpaired) electrons. The minimum absolute atomic E-state index is 0.0468. The standard InChI is InChI=1S/C21H24F2N4O3S/c22-18-5-4-17(15-19(18)23)31(29,30)27-9-6-16(7-10-27)21(28)26-13-11-25(12-14-26)20-3-1-2-8-24-20/h1-5,8,15-16H,6-7,9-14H2. The third kappa shape index (κ3) is 4.54. The highest BCUT2D eigenvalue weighted by atomic mass is 32.2. The van der Waals surface area contributed by atoms with Gasteiger partial charge in [-0.25, -0.2) is 22.2 Å². The van der Waals surface area contributed by atoms with E-state index in [-0.39, 0.29) is 29.8 Å². The molecule has 4 rings (SSSR count). The van der Waals surface area contributed by atoms with Gasteiger partial charge in [0.2, 0.25) is 15.9 Å². The molecule has 3 heterocycles. The predicted octanol–water partition coefficient (Wildman–Crippen LogP) is 2.11. The fourth-order valence-corrected chi connectivity index (χ4v) is 5.57. The molecule has 2 aliphatic heterocycles. The molecule has 0 bridgehead atoms. The quantitative estimate of drug-likeness (QED) is 0.714. The first-order chi connectivity index (χ1) is 14.9. The van der Waals surface area contributed by atoms with Crippen LogP contribution in [-0.4, -0.2) is 67.8 Å². The minimum atomic E-state index is -3.93. The van der Waals surface area contributed by atoms with Gasteiger partial charge in [-0.1, -0.05) is 6.07 Å².